The van der Waals surface area contributed by atoms with E-state index in [4.69, 9.17) is 40.2 Å². The van der Waals surface area contributed by atoms with Crippen LogP contribution in [0.4, 0.5) is 0 Å². The smallest absolute Gasteiger partial charge is 0.119 e. The van der Waals surface area contributed by atoms with Crippen LogP contribution in [0, 0.1) is 0 Å². The first-order valence-electron chi connectivity index (χ1n) is 8.11. The van der Waals surface area contributed by atoms with E-state index in [0.29, 0.717) is 28.2 Å². The van der Waals surface area contributed by atoms with Gasteiger partial charge < -0.3 is 10.1 Å². The van der Waals surface area contributed by atoms with Crippen molar-refractivity contribution in [3.8, 4) is 5.75 Å². The maximum atomic E-state index is 6.16. The fourth-order valence-corrected chi connectivity index (χ4v) is 3.12. The molecule has 0 aliphatic heterocycles. The Balaban J connectivity index is 1.57. The van der Waals surface area contributed by atoms with E-state index in [0.717, 1.165) is 16.9 Å². The Morgan fingerprint density at radius 2 is 1.50 bits per heavy atom. The van der Waals surface area contributed by atoms with Gasteiger partial charge in [-0.3, -0.25) is 0 Å². The Bertz CT molecular complexity index is 862. The predicted octanol–water partition coefficient (Wildman–Crippen LogP) is 6.04. The van der Waals surface area contributed by atoms with Gasteiger partial charge in [-0.25, -0.2) is 0 Å². The van der Waals surface area contributed by atoms with Gasteiger partial charge in [-0.1, -0.05) is 71.8 Å². The second kappa shape index (κ2) is 9.04. The molecule has 0 aliphatic carbocycles. The molecule has 26 heavy (non-hydrogen) atoms. The molecule has 0 spiro atoms. The van der Waals surface area contributed by atoms with E-state index in [9.17, 15) is 0 Å². The van der Waals surface area contributed by atoms with Crippen molar-refractivity contribution in [2.24, 2.45) is 0 Å². The van der Waals surface area contributed by atoms with E-state index in [1.807, 2.05) is 48.5 Å². The number of hydrogen-bond acceptors (Lipinski definition) is 2. The van der Waals surface area contributed by atoms with Gasteiger partial charge in [0.25, 0.3) is 0 Å². The number of thiocarbonyl (C=S) groups is 1. The summed E-state index contributed by atoms with van der Waals surface area (Å²) >= 11 is 17.8. The highest BCUT2D eigenvalue weighted by atomic mass is 35.5. The topological polar surface area (TPSA) is 21.3 Å². The lowest BCUT2D eigenvalue weighted by atomic mass is 10.2. The summed E-state index contributed by atoms with van der Waals surface area (Å²) in [4.78, 5) is 0.703. The zero-order valence-electron chi connectivity index (χ0n) is 13.9. The van der Waals surface area contributed by atoms with Crippen LogP contribution in [0.5, 0.6) is 5.75 Å². The normalized spacial score (nSPS) is 10.4. The molecule has 0 saturated carbocycles. The molecule has 0 aromatic heterocycles. The Morgan fingerprint density at radius 1 is 0.846 bits per heavy atom. The maximum Gasteiger partial charge on any atom is 0.119 e. The highest BCUT2D eigenvalue weighted by Crippen LogP contribution is 2.26. The summed E-state index contributed by atoms with van der Waals surface area (Å²) in [7, 11) is 0. The molecule has 0 radical (unpaired) electrons. The fraction of sp³-hybridized carbons (Fsp3) is 0.0952. The van der Waals surface area contributed by atoms with Gasteiger partial charge in [0.05, 0.1) is 0 Å². The average Bonchev–Trinajstić information content (AvgIpc) is 2.67. The molecule has 5 heteroatoms. The summed E-state index contributed by atoms with van der Waals surface area (Å²) in [6, 6.07) is 23.2. The van der Waals surface area contributed by atoms with Gasteiger partial charge >= 0.3 is 0 Å². The molecular formula is C21H17Cl2NOS. The standard InChI is InChI=1S/C21H17Cl2NOS/c22-19-7-4-8-20(23)18(19)14-25-17-11-9-16(10-12-17)21(26)24-13-15-5-2-1-3-6-15/h1-12H,13-14H2,(H,24,26). The Kier molecular flexibility index (Phi) is 6.51. The largest absolute Gasteiger partial charge is 0.489 e. The number of benzene rings is 3. The van der Waals surface area contributed by atoms with Crippen molar-refractivity contribution in [2.75, 3.05) is 0 Å². The molecule has 0 fully saturated rings. The molecule has 2 nitrogen and oxygen atoms in total. The Hall–Kier alpha value is -2.07. The molecule has 0 saturated heterocycles. The Morgan fingerprint density at radius 3 is 2.15 bits per heavy atom. The van der Waals surface area contributed by atoms with Crippen LogP contribution in [0.1, 0.15) is 16.7 Å². The molecular weight excluding hydrogens is 385 g/mol. The first-order valence-corrected chi connectivity index (χ1v) is 9.28. The van der Waals surface area contributed by atoms with Crippen molar-refractivity contribution >= 4 is 40.4 Å². The van der Waals surface area contributed by atoms with Crippen molar-refractivity contribution in [3.05, 3.63) is 99.5 Å². The van der Waals surface area contributed by atoms with E-state index in [2.05, 4.69) is 17.4 Å². The molecule has 1 N–H and O–H groups in total. The second-order valence-electron chi connectivity index (χ2n) is 5.68. The van der Waals surface area contributed by atoms with E-state index in [1.54, 1.807) is 12.1 Å². The van der Waals surface area contributed by atoms with E-state index >= 15 is 0 Å². The van der Waals surface area contributed by atoms with Gasteiger partial charge in [-0.2, -0.15) is 0 Å². The van der Waals surface area contributed by atoms with Gasteiger partial charge in [0, 0.05) is 27.7 Å². The van der Waals surface area contributed by atoms with Gasteiger partial charge in [0.15, 0.2) is 0 Å². The highest BCUT2D eigenvalue weighted by molar-refractivity contribution is 7.80. The van der Waals surface area contributed by atoms with Crippen molar-refractivity contribution in [3.63, 3.8) is 0 Å². The van der Waals surface area contributed by atoms with Crippen molar-refractivity contribution in [1.29, 1.82) is 0 Å². The van der Waals surface area contributed by atoms with Crippen LogP contribution in [0.3, 0.4) is 0 Å². The van der Waals surface area contributed by atoms with Crippen LogP contribution < -0.4 is 10.1 Å². The first-order chi connectivity index (χ1) is 12.6. The molecule has 0 aliphatic rings. The minimum absolute atomic E-state index is 0.314. The molecule has 132 valence electrons. The number of rotatable bonds is 6. The number of hydrogen-bond donors (Lipinski definition) is 1. The first kappa shape index (κ1) is 18.7. The lowest BCUT2D eigenvalue weighted by molar-refractivity contribution is 0.306. The quantitative estimate of drug-likeness (QED) is 0.508. The summed E-state index contributed by atoms with van der Waals surface area (Å²) < 4.78 is 5.79. The van der Waals surface area contributed by atoms with Gasteiger partial charge in [0.1, 0.15) is 17.3 Å². The van der Waals surface area contributed by atoms with Crippen LogP contribution in [-0.4, -0.2) is 4.99 Å². The monoisotopic (exact) mass is 401 g/mol. The van der Waals surface area contributed by atoms with Crippen molar-refractivity contribution in [1.82, 2.24) is 5.32 Å². The number of ether oxygens (including phenoxy) is 1. The summed E-state index contributed by atoms with van der Waals surface area (Å²) in [6.45, 7) is 1.01. The van der Waals surface area contributed by atoms with Crippen molar-refractivity contribution < 1.29 is 4.74 Å². The Labute approximate surface area is 168 Å². The molecule has 0 bridgehead atoms. The van der Waals surface area contributed by atoms with E-state index in [-0.39, 0.29) is 0 Å². The SMILES string of the molecule is S=C(NCc1ccccc1)c1ccc(OCc2c(Cl)cccc2Cl)cc1. The number of nitrogens with one attached hydrogen (secondary N) is 1. The minimum Gasteiger partial charge on any atom is -0.489 e. The molecule has 3 aromatic carbocycles. The molecule has 0 atom stereocenters. The van der Waals surface area contributed by atoms with Gasteiger partial charge in [-0.15, -0.1) is 0 Å². The summed E-state index contributed by atoms with van der Waals surface area (Å²) in [5.74, 6) is 0.732. The third kappa shape index (κ3) is 4.98. The molecule has 0 amide bonds. The lowest BCUT2D eigenvalue weighted by Crippen LogP contribution is -2.21. The maximum absolute atomic E-state index is 6.16. The number of halogens is 2. The van der Waals surface area contributed by atoms with Crippen LogP contribution in [0.15, 0.2) is 72.8 Å². The van der Waals surface area contributed by atoms with Gasteiger partial charge in [0.2, 0.25) is 0 Å². The summed E-state index contributed by atoms with van der Waals surface area (Å²) in [5.41, 5.74) is 2.91. The third-order valence-electron chi connectivity index (χ3n) is 3.86. The minimum atomic E-state index is 0.314. The highest BCUT2D eigenvalue weighted by Gasteiger charge is 2.07. The van der Waals surface area contributed by atoms with Crippen LogP contribution in [0.2, 0.25) is 10.0 Å². The third-order valence-corrected chi connectivity index (χ3v) is 4.95. The molecule has 3 aromatic rings. The average molecular weight is 402 g/mol. The summed E-state index contributed by atoms with van der Waals surface area (Å²) in [6.07, 6.45) is 0. The van der Waals surface area contributed by atoms with Crippen molar-refractivity contribution in [2.45, 2.75) is 13.2 Å². The predicted molar refractivity (Wildman–Crippen MR) is 112 cm³/mol. The lowest BCUT2D eigenvalue weighted by Gasteiger charge is -2.11. The molecule has 3 rings (SSSR count). The zero-order chi connectivity index (χ0) is 18.4. The zero-order valence-corrected chi connectivity index (χ0v) is 16.2. The van der Waals surface area contributed by atoms with Crippen LogP contribution >= 0.6 is 35.4 Å². The van der Waals surface area contributed by atoms with E-state index in [1.165, 1.54) is 5.56 Å². The van der Waals surface area contributed by atoms with Gasteiger partial charge in [-0.05, 0) is 42.0 Å². The van der Waals surface area contributed by atoms with E-state index < -0.39 is 0 Å². The van der Waals surface area contributed by atoms with Crippen LogP contribution in [-0.2, 0) is 13.2 Å². The molecule has 0 unspecified atom stereocenters. The fourth-order valence-electron chi connectivity index (χ4n) is 2.41. The second-order valence-corrected chi connectivity index (χ2v) is 6.90. The van der Waals surface area contributed by atoms with Crippen LogP contribution in [0.25, 0.3) is 0 Å². The molecule has 0 heterocycles. The summed E-state index contributed by atoms with van der Waals surface area (Å²) in [5, 5.41) is 4.46.